The average Bonchev–Trinajstić information content (AvgIpc) is 2.81. The fourth-order valence-corrected chi connectivity index (χ4v) is 4.04. The molecule has 0 spiro atoms. The van der Waals surface area contributed by atoms with Crippen LogP contribution in [-0.4, -0.2) is 80.2 Å². The Labute approximate surface area is 187 Å². The van der Waals surface area contributed by atoms with E-state index in [1.165, 1.54) is 6.07 Å². The van der Waals surface area contributed by atoms with Crippen molar-refractivity contribution in [3.8, 4) is 0 Å². The maximum atomic E-state index is 12.7. The zero-order valence-corrected chi connectivity index (χ0v) is 18.3. The number of nitrogens with zero attached hydrogens (tertiary/aromatic N) is 4. The second-order valence-electron chi connectivity index (χ2n) is 8.29. The molecule has 9 nitrogen and oxygen atoms in total. The van der Waals surface area contributed by atoms with Crippen LogP contribution in [-0.2, 0) is 11.3 Å². The number of carbonyl (C=O) groups excluding carboxylic acids is 1. The third-order valence-electron chi connectivity index (χ3n) is 6.00. The van der Waals surface area contributed by atoms with Crippen molar-refractivity contribution < 1.29 is 14.5 Å². The first-order chi connectivity index (χ1) is 15.5. The van der Waals surface area contributed by atoms with Gasteiger partial charge in [-0.15, -0.1) is 0 Å². The molecule has 170 valence electrons. The normalized spacial score (nSPS) is 17.8. The van der Waals surface area contributed by atoms with Gasteiger partial charge >= 0.3 is 0 Å². The van der Waals surface area contributed by atoms with Gasteiger partial charge in [-0.25, -0.2) is 0 Å². The SMILES string of the molecule is CN1CCN(c2ccc(C(=O)Nc3ccc(CN4CCOCC4)cc3)cc2[N+](=O)[O-])CC1. The number of piperazine rings is 1. The Morgan fingerprint density at radius 1 is 1.03 bits per heavy atom. The zero-order valence-electron chi connectivity index (χ0n) is 18.3. The predicted octanol–water partition coefficient (Wildman–Crippen LogP) is 2.43. The summed E-state index contributed by atoms with van der Waals surface area (Å²) in [7, 11) is 2.04. The molecule has 0 radical (unpaired) electrons. The van der Waals surface area contributed by atoms with Gasteiger partial charge in [0.2, 0.25) is 0 Å². The van der Waals surface area contributed by atoms with Crippen LogP contribution in [0.1, 0.15) is 15.9 Å². The molecule has 1 amide bonds. The first-order valence-corrected chi connectivity index (χ1v) is 10.9. The Balaban J connectivity index is 1.42. The fourth-order valence-electron chi connectivity index (χ4n) is 4.04. The lowest BCUT2D eigenvalue weighted by Gasteiger charge is -2.33. The molecule has 9 heteroatoms. The minimum atomic E-state index is -0.412. The van der Waals surface area contributed by atoms with E-state index in [9.17, 15) is 14.9 Å². The van der Waals surface area contributed by atoms with Gasteiger partial charge in [-0.2, -0.15) is 0 Å². The van der Waals surface area contributed by atoms with Gasteiger partial charge in [-0.1, -0.05) is 12.1 Å². The molecule has 32 heavy (non-hydrogen) atoms. The summed E-state index contributed by atoms with van der Waals surface area (Å²) in [5.41, 5.74) is 2.62. The summed E-state index contributed by atoms with van der Waals surface area (Å²) in [4.78, 5) is 30.6. The molecule has 1 N–H and O–H groups in total. The first-order valence-electron chi connectivity index (χ1n) is 10.9. The maximum absolute atomic E-state index is 12.7. The van der Waals surface area contributed by atoms with E-state index in [4.69, 9.17) is 4.74 Å². The van der Waals surface area contributed by atoms with Crippen molar-refractivity contribution in [1.29, 1.82) is 0 Å². The summed E-state index contributed by atoms with van der Waals surface area (Å²) in [6, 6.07) is 12.4. The molecule has 4 rings (SSSR count). The molecule has 0 aliphatic carbocycles. The Morgan fingerprint density at radius 3 is 2.38 bits per heavy atom. The number of nitrogens with one attached hydrogen (secondary N) is 1. The smallest absolute Gasteiger partial charge is 0.293 e. The van der Waals surface area contributed by atoms with Crippen LogP contribution in [0.5, 0.6) is 0 Å². The minimum Gasteiger partial charge on any atom is -0.379 e. The summed E-state index contributed by atoms with van der Waals surface area (Å²) in [6.45, 7) is 7.34. The van der Waals surface area contributed by atoms with Crippen molar-refractivity contribution >= 4 is 23.0 Å². The summed E-state index contributed by atoms with van der Waals surface area (Å²) in [5.74, 6) is -0.362. The first kappa shape index (κ1) is 22.2. The van der Waals surface area contributed by atoms with Gasteiger partial charge in [0.1, 0.15) is 5.69 Å². The van der Waals surface area contributed by atoms with Crippen LogP contribution in [0, 0.1) is 10.1 Å². The Morgan fingerprint density at radius 2 is 1.72 bits per heavy atom. The van der Waals surface area contributed by atoms with E-state index in [2.05, 4.69) is 15.1 Å². The van der Waals surface area contributed by atoms with Gasteiger partial charge in [-0.05, 0) is 36.9 Å². The number of amides is 1. The van der Waals surface area contributed by atoms with Crippen LogP contribution in [0.4, 0.5) is 17.1 Å². The molecule has 2 aliphatic heterocycles. The summed E-state index contributed by atoms with van der Waals surface area (Å²) >= 11 is 0. The molecule has 2 saturated heterocycles. The zero-order chi connectivity index (χ0) is 22.5. The molecule has 0 atom stereocenters. The summed E-state index contributed by atoms with van der Waals surface area (Å²) in [5, 5.41) is 14.5. The van der Waals surface area contributed by atoms with Crippen molar-refractivity contribution in [3.63, 3.8) is 0 Å². The number of nitro groups is 1. The molecule has 0 saturated carbocycles. The van der Waals surface area contributed by atoms with Gasteiger partial charge in [-0.3, -0.25) is 19.8 Å². The Bertz CT molecular complexity index is 951. The molecule has 2 aliphatic rings. The van der Waals surface area contributed by atoms with E-state index in [1.807, 2.05) is 36.2 Å². The van der Waals surface area contributed by atoms with E-state index in [0.29, 0.717) is 11.4 Å². The lowest BCUT2D eigenvalue weighted by molar-refractivity contribution is -0.384. The standard InChI is InChI=1S/C23H29N5O4/c1-25-8-10-27(11-9-25)21-7-4-19(16-22(21)28(30)31)23(29)24-20-5-2-18(3-6-20)17-26-12-14-32-15-13-26/h2-7,16H,8-15,17H2,1H3,(H,24,29). The third-order valence-corrected chi connectivity index (χ3v) is 6.00. The quantitative estimate of drug-likeness (QED) is 0.546. The van der Waals surface area contributed by atoms with E-state index < -0.39 is 4.92 Å². The fraction of sp³-hybridized carbons (Fsp3) is 0.435. The van der Waals surface area contributed by atoms with Crippen molar-refractivity contribution in [3.05, 3.63) is 63.7 Å². The van der Waals surface area contributed by atoms with Crippen molar-refractivity contribution in [2.24, 2.45) is 0 Å². The molecular weight excluding hydrogens is 410 g/mol. The van der Waals surface area contributed by atoms with Crippen LogP contribution in [0.3, 0.4) is 0 Å². The Kier molecular flexibility index (Phi) is 6.99. The lowest BCUT2D eigenvalue weighted by Crippen LogP contribution is -2.44. The topological polar surface area (TPSA) is 91.2 Å². The van der Waals surface area contributed by atoms with Gasteiger partial charge in [0, 0.05) is 63.1 Å². The number of morpholine rings is 1. The summed E-state index contributed by atoms with van der Waals surface area (Å²) < 4.78 is 5.38. The van der Waals surface area contributed by atoms with Crippen LogP contribution < -0.4 is 10.2 Å². The molecule has 2 aromatic carbocycles. The van der Waals surface area contributed by atoms with E-state index >= 15 is 0 Å². The van der Waals surface area contributed by atoms with E-state index in [0.717, 1.165) is 64.6 Å². The molecular formula is C23H29N5O4. The molecule has 0 bridgehead atoms. The number of anilines is 2. The largest absolute Gasteiger partial charge is 0.379 e. The maximum Gasteiger partial charge on any atom is 0.293 e. The lowest BCUT2D eigenvalue weighted by atomic mass is 10.1. The van der Waals surface area contributed by atoms with E-state index in [1.54, 1.807) is 12.1 Å². The number of likely N-dealkylation sites (N-methyl/N-ethyl adjacent to an activating group) is 1. The van der Waals surface area contributed by atoms with Crippen LogP contribution >= 0.6 is 0 Å². The second-order valence-corrected chi connectivity index (χ2v) is 8.29. The number of hydrogen-bond acceptors (Lipinski definition) is 7. The highest BCUT2D eigenvalue weighted by Crippen LogP contribution is 2.30. The van der Waals surface area contributed by atoms with Crippen molar-refractivity contribution in [1.82, 2.24) is 9.80 Å². The monoisotopic (exact) mass is 439 g/mol. The summed E-state index contributed by atoms with van der Waals surface area (Å²) in [6.07, 6.45) is 0. The highest BCUT2D eigenvalue weighted by Gasteiger charge is 2.24. The van der Waals surface area contributed by atoms with Gasteiger partial charge in [0.25, 0.3) is 11.6 Å². The number of benzene rings is 2. The van der Waals surface area contributed by atoms with Crippen molar-refractivity contribution in [2.75, 3.05) is 69.7 Å². The number of hydrogen-bond donors (Lipinski definition) is 1. The Hall–Kier alpha value is -3.01. The number of rotatable bonds is 6. The highest BCUT2D eigenvalue weighted by atomic mass is 16.6. The van der Waals surface area contributed by atoms with Crippen LogP contribution in [0.2, 0.25) is 0 Å². The molecule has 0 aromatic heterocycles. The highest BCUT2D eigenvalue weighted by molar-refractivity contribution is 6.05. The third kappa shape index (κ3) is 5.42. The number of nitro benzene ring substituents is 1. The molecule has 2 aromatic rings. The van der Waals surface area contributed by atoms with Crippen LogP contribution in [0.15, 0.2) is 42.5 Å². The van der Waals surface area contributed by atoms with Crippen LogP contribution in [0.25, 0.3) is 0 Å². The van der Waals surface area contributed by atoms with E-state index in [-0.39, 0.29) is 17.2 Å². The second kappa shape index (κ2) is 10.1. The van der Waals surface area contributed by atoms with Gasteiger partial charge < -0.3 is 19.9 Å². The van der Waals surface area contributed by atoms with Gasteiger partial charge in [0.15, 0.2) is 0 Å². The number of ether oxygens (including phenoxy) is 1. The minimum absolute atomic E-state index is 0.0388. The average molecular weight is 440 g/mol. The molecule has 2 heterocycles. The van der Waals surface area contributed by atoms with Gasteiger partial charge in [0.05, 0.1) is 18.1 Å². The molecule has 0 unspecified atom stereocenters. The van der Waals surface area contributed by atoms with Crippen molar-refractivity contribution in [2.45, 2.75) is 6.54 Å². The number of carbonyl (C=O) groups is 1. The molecule has 2 fully saturated rings. The predicted molar refractivity (Wildman–Crippen MR) is 123 cm³/mol.